The number of hydrogen-bond acceptors (Lipinski definition) is 4. The highest BCUT2D eigenvalue weighted by Gasteiger charge is 2.61. The lowest BCUT2D eigenvalue weighted by Gasteiger charge is -2.61. The Hall–Kier alpha value is -1.20. The molecule has 4 fully saturated rings. The monoisotopic (exact) mass is 472 g/mol. The van der Waals surface area contributed by atoms with Crippen LogP contribution in [0.15, 0.2) is 29.2 Å². The van der Waals surface area contributed by atoms with E-state index in [2.05, 4.69) is 13.8 Å². The van der Waals surface area contributed by atoms with Crippen molar-refractivity contribution in [2.45, 2.75) is 96.5 Å². The van der Waals surface area contributed by atoms with Gasteiger partial charge in [-0.2, -0.15) is 8.42 Å². The lowest BCUT2D eigenvalue weighted by atomic mass is 9.44. The molecule has 0 amide bonds. The van der Waals surface area contributed by atoms with E-state index >= 15 is 0 Å². The Morgan fingerprint density at radius 2 is 1.58 bits per heavy atom. The Balaban J connectivity index is 1.30. The quantitative estimate of drug-likeness (QED) is 0.481. The molecule has 0 N–H and O–H groups in total. The van der Waals surface area contributed by atoms with E-state index < -0.39 is 10.1 Å². The molecule has 1 aromatic rings. The first-order chi connectivity index (χ1) is 15.5. The number of Topliss-reactive ketones (excluding diaryl/α,β-unsaturated/α-hetero) is 1. The van der Waals surface area contributed by atoms with Gasteiger partial charge in [0.2, 0.25) is 0 Å². The summed E-state index contributed by atoms with van der Waals surface area (Å²) in [6.07, 6.45) is 9.58. The normalized spacial score (nSPS) is 42.8. The van der Waals surface area contributed by atoms with Crippen LogP contribution in [-0.2, 0) is 19.1 Å². The predicted molar refractivity (Wildman–Crippen MR) is 129 cm³/mol. The second-order valence-corrected chi connectivity index (χ2v) is 13.8. The third-order valence-corrected chi connectivity index (χ3v) is 12.1. The van der Waals surface area contributed by atoms with E-state index in [1.807, 2.05) is 19.1 Å². The molecular weight excluding hydrogens is 432 g/mol. The number of benzene rings is 1. The zero-order valence-corrected chi connectivity index (χ0v) is 21.5. The van der Waals surface area contributed by atoms with Gasteiger partial charge in [-0.15, -0.1) is 0 Å². The second-order valence-electron chi connectivity index (χ2n) is 12.2. The van der Waals surface area contributed by atoms with Crippen LogP contribution in [0.25, 0.3) is 0 Å². The summed E-state index contributed by atoms with van der Waals surface area (Å²) in [7, 11) is -3.72. The number of fused-ring (bicyclic) bond motifs is 5. The van der Waals surface area contributed by atoms with Gasteiger partial charge in [0.05, 0.1) is 11.0 Å². The molecule has 0 unspecified atom stereocenters. The lowest BCUT2D eigenvalue weighted by Crippen LogP contribution is -2.54. The highest BCUT2D eigenvalue weighted by molar-refractivity contribution is 7.86. The molecule has 0 saturated heterocycles. The van der Waals surface area contributed by atoms with E-state index in [9.17, 15) is 13.2 Å². The van der Waals surface area contributed by atoms with E-state index in [0.717, 1.165) is 37.2 Å². The first-order valence-electron chi connectivity index (χ1n) is 13.0. The summed E-state index contributed by atoms with van der Waals surface area (Å²) in [6.45, 7) is 8.64. The van der Waals surface area contributed by atoms with Crippen molar-refractivity contribution < 1.29 is 17.4 Å². The number of ketones is 1. The number of aryl methyl sites for hydroxylation is 1. The van der Waals surface area contributed by atoms with Crippen molar-refractivity contribution >= 4 is 15.9 Å². The van der Waals surface area contributed by atoms with E-state index in [1.165, 1.54) is 32.1 Å². The van der Waals surface area contributed by atoms with Gasteiger partial charge in [-0.1, -0.05) is 31.5 Å². The molecule has 5 heteroatoms. The zero-order valence-electron chi connectivity index (χ0n) is 20.7. The smallest absolute Gasteiger partial charge is 0.297 e. The fourth-order valence-electron chi connectivity index (χ4n) is 8.91. The Morgan fingerprint density at radius 1 is 0.909 bits per heavy atom. The first-order valence-corrected chi connectivity index (χ1v) is 14.5. The van der Waals surface area contributed by atoms with Gasteiger partial charge in [-0.25, -0.2) is 0 Å². The van der Waals surface area contributed by atoms with Crippen molar-refractivity contribution in [2.75, 3.05) is 0 Å². The van der Waals surface area contributed by atoms with Crippen LogP contribution in [0.4, 0.5) is 0 Å². The minimum absolute atomic E-state index is 0.193. The summed E-state index contributed by atoms with van der Waals surface area (Å²) < 4.78 is 31.5. The number of carbonyl (C=O) groups is 1. The molecular formula is C28H40O4S. The molecule has 4 nitrogen and oxygen atoms in total. The molecule has 0 spiro atoms. The highest BCUT2D eigenvalue weighted by atomic mass is 32.2. The van der Waals surface area contributed by atoms with Gasteiger partial charge in [0, 0.05) is 5.92 Å². The van der Waals surface area contributed by atoms with Crippen molar-refractivity contribution in [1.29, 1.82) is 0 Å². The van der Waals surface area contributed by atoms with Crippen molar-refractivity contribution in [3.05, 3.63) is 29.8 Å². The lowest BCUT2D eigenvalue weighted by molar-refractivity contribution is -0.137. The molecule has 182 valence electrons. The maximum Gasteiger partial charge on any atom is 0.297 e. The summed E-state index contributed by atoms with van der Waals surface area (Å²) in [4.78, 5) is 12.6. The average Bonchev–Trinajstić information content (AvgIpc) is 3.11. The van der Waals surface area contributed by atoms with Crippen LogP contribution < -0.4 is 0 Å². The van der Waals surface area contributed by atoms with Gasteiger partial charge in [0.1, 0.15) is 5.78 Å². The number of carbonyl (C=O) groups excluding carboxylic acids is 1. The molecule has 0 bridgehead atoms. The third kappa shape index (κ3) is 3.82. The molecule has 0 aliphatic heterocycles. The Bertz CT molecular complexity index is 1010. The van der Waals surface area contributed by atoms with Gasteiger partial charge in [0.15, 0.2) is 0 Å². The molecule has 1 aromatic carbocycles. The average molecular weight is 473 g/mol. The number of hydrogen-bond donors (Lipinski definition) is 0. The van der Waals surface area contributed by atoms with E-state index in [1.54, 1.807) is 19.1 Å². The molecule has 0 radical (unpaired) electrons. The molecule has 8 atom stereocenters. The summed E-state index contributed by atoms with van der Waals surface area (Å²) in [5, 5.41) is 0. The molecule has 0 heterocycles. The Morgan fingerprint density at radius 3 is 2.27 bits per heavy atom. The fourth-order valence-corrected chi connectivity index (χ4v) is 10.0. The van der Waals surface area contributed by atoms with Crippen molar-refractivity contribution in [3.63, 3.8) is 0 Å². The number of rotatable bonds is 4. The summed E-state index contributed by atoms with van der Waals surface area (Å²) in [6, 6.07) is 6.95. The van der Waals surface area contributed by atoms with E-state index in [-0.39, 0.29) is 27.7 Å². The standard InChI is InChI=1S/C28H40O4S/c1-18-5-8-22(9-6-18)33(30,31)32-21-13-15-27(3)20(17-21)7-10-23-25-12-11-24(19(2)29)28(25,4)16-14-26(23)27/h5-6,8-9,20-21,23-26H,7,10-17H2,1-4H3/t20-,21-,23-,24+,25-,26-,27-,28+/m0/s1. The van der Waals surface area contributed by atoms with Crippen LogP contribution in [0.1, 0.15) is 84.1 Å². The van der Waals surface area contributed by atoms with Crippen LogP contribution in [0, 0.1) is 47.3 Å². The summed E-state index contributed by atoms with van der Waals surface area (Å²) >= 11 is 0. The van der Waals surface area contributed by atoms with Gasteiger partial charge < -0.3 is 0 Å². The first kappa shape index (κ1) is 23.5. The minimum atomic E-state index is -3.72. The van der Waals surface area contributed by atoms with Gasteiger partial charge in [-0.05, 0) is 118 Å². The molecule has 4 aliphatic rings. The van der Waals surface area contributed by atoms with Crippen LogP contribution in [-0.4, -0.2) is 20.3 Å². The topological polar surface area (TPSA) is 60.4 Å². The summed E-state index contributed by atoms with van der Waals surface area (Å²) in [5.74, 6) is 3.28. The third-order valence-electron chi connectivity index (χ3n) is 10.7. The van der Waals surface area contributed by atoms with Gasteiger partial charge >= 0.3 is 0 Å². The largest absolute Gasteiger partial charge is 0.300 e. The van der Waals surface area contributed by atoms with Crippen molar-refractivity contribution in [1.82, 2.24) is 0 Å². The highest BCUT2D eigenvalue weighted by Crippen LogP contribution is 2.67. The predicted octanol–water partition coefficient (Wildman–Crippen LogP) is 6.32. The maximum absolute atomic E-state index is 12.9. The maximum atomic E-state index is 12.9. The van der Waals surface area contributed by atoms with Crippen LogP contribution in [0.3, 0.4) is 0 Å². The molecule has 4 saturated carbocycles. The molecule has 4 aliphatic carbocycles. The van der Waals surface area contributed by atoms with Crippen LogP contribution >= 0.6 is 0 Å². The summed E-state index contributed by atoms with van der Waals surface area (Å²) in [5.41, 5.74) is 1.50. The van der Waals surface area contributed by atoms with E-state index in [0.29, 0.717) is 23.5 Å². The zero-order chi connectivity index (χ0) is 23.6. The molecule has 0 aromatic heterocycles. The van der Waals surface area contributed by atoms with Crippen molar-refractivity contribution in [3.8, 4) is 0 Å². The van der Waals surface area contributed by atoms with E-state index in [4.69, 9.17) is 4.18 Å². The SMILES string of the molecule is CC(=O)[C@H]1CC[C@H]2[C@@H]3CC[C@H]4C[C@@H](OS(=O)(=O)c5ccc(C)cc5)CC[C@]4(C)[C@H]3CC[C@]12C. The molecule has 33 heavy (non-hydrogen) atoms. The second kappa shape index (κ2) is 8.19. The van der Waals surface area contributed by atoms with Crippen LogP contribution in [0.5, 0.6) is 0 Å². The Labute approximate surface area is 200 Å². The fraction of sp³-hybridized carbons (Fsp3) is 0.750. The Kier molecular flexibility index (Phi) is 5.84. The van der Waals surface area contributed by atoms with Crippen molar-refractivity contribution in [2.24, 2.45) is 40.4 Å². The minimum Gasteiger partial charge on any atom is -0.300 e. The van der Waals surface area contributed by atoms with Gasteiger partial charge in [0.25, 0.3) is 10.1 Å². The van der Waals surface area contributed by atoms with Crippen LogP contribution in [0.2, 0.25) is 0 Å². The molecule has 5 rings (SSSR count). The van der Waals surface area contributed by atoms with Gasteiger partial charge in [-0.3, -0.25) is 8.98 Å².